The van der Waals surface area contributed by atoms with Gasteiger partial charge in [-0.05, 0) is 32.2 Å². The molecule has 0 bridgehead atoms. The van der Waals surface area contributed by atoms with E-state index in [1.54, 1.807) is 0 Å². The zero-order chi connectivity index (χ0) is 11.7. The minimum atomic E-state index is 0.271. The highest BCUT2D eigenvalue weighted by atomic mass is 16.5. The first-order valence-corrected chi connectivity index (χ1v) is 7.43. The van der Waals surface area contributed by atoms with Crippen LogP contribution < -0.4 is 5.32 Å². The third kappa shape index (κ3) is 2.25. The van der Waals surface area contributed by atoms with E-state index in [0.717, 1.165) is 18.7 Å². The Morgan fingerprint density at radius 3 is 2.59 bits per heavy atom. The number of hydrogen-bond donors (Lipinski definition) is 1. The number of nitrogens with zero attached hydrogens (tertiary/aromatic N) is 1. The van der Waals surface area contributed by atoms with E-state index in [9.17, 15) is 0 Å². The molecule has 17 heavy (non-hydrogen) atoms. The lowest BCUT2D eigenvalue weighted by atomic mass is 9.87. The van der Waals surface area contributed by atoms with Crippen molar-refractivity contribution in [3.63, 3.8) is 0 Å². The summed E-state index contributed by atoms with van der Waals surface area (Å²) in [6.07, 6.45) is 7.91. The third-order valence-corrected chi connectivity index (χ3v) is 5.04. The zero-order valence-corrected chi connectivity index (χ0v) is 11.1. The van der Waals surface area contributed by atoms with Crippen LogP contribution in [0.2, 0.25) is 0 Å². The van der Waals surface area contributed by atoms with Crippen molar-refractivity contribution in [2.24, 2.45) is 0 Å². The summed E-state index contributed by atoms with van der Waals surface area (Å²) in [4.78, 5) is 2.74. The Kier molecular flexibility index (Phi) is 3.42. The fourth-order valence-electron chi connectivity index (χ4n) is 3.98. The maximum absolute atomic E-state index is 6.14. The van der Waals surface area contributed by atoms with Gasteiger partial charge < -0.3 is 10.1 Å². The summed E-state index contributed by atoms with van der Waals surface area (Å²) in [6.45, 7) is 6.89. The highest BCUT2D eigenvalue weighted by Crippen LogP contribution is 2.41. The molecule has 3 rings (SSSR count). The van der Waals surface area contributed by atoms with Gasteiger partial charge in [0.2, 0.25) is 0 Å². The van der Waals surface area contributed by atoms with Gasteiger partial charge in [-0.25, -0.2) is 0 Å². The van der Waals surface area contributed by atoms with Crippen LogP contribution in [0.5, 0.6) is 0 Å². The molecule has 0 aromatic rings. The van der Waals surface area contributed by atoms with E-state index in [1.165, 1.54) is 58.2 Å². The molecule has 1 saturated carbocycles. The molecule has 98 valence electrons. The average molecular weight is 238 g/mol. The van der Waals surface area contributed by atoms with Crippen molar-refractivity contribution < 1.29 is 4.74 Å². The second kappa shape index (κ2) is 4.87. The number of likely N-dealkylation sites (N-methyl/N-ethyl adjacent to an activating group) is 1. The lowest BCUT2D eigenvalue weighted by molar-refractivity contribution is -0.108. The van der Waals surface area contributed by atoms with Gasteiger partial charge in [0.05, 0.1) is 5.60 Å². The first kappa shape index (κ1) is 11.9. The van der Waals surface area contributed by atoms with Crippen molar-refractivity contribution in [1.29, 1.82) is 0 Å². The molecule has 2 heterocycles. The van der Waals surface area contributed by atoms with E-state index < -0.39 is 0 Å². The molecule has 2 saturated heterocycles. The molecule has 0 aromatic heterocycles. The molecule has 2 aliphatic heterocycles. The minimum Gasteiger partial charge on any atom is -0.375 e. The van der Waals surface area contributed by atoms with Gasteiger partial charge in [-0.15, -0.1) is 0 Å². The summed E-state index contributed by atoms with van der Waals surface area (Å²) in [5, 5.41) is 3.40. The molecule has 0 radical (unpaired) electrons. The smallest absolute Gasteiger partial charge is 0.0697 e. The van der Waals surface area contributed by atoms with Crippen LogP contribution in [0.15, 0.2) is 0 Å². The van der Waals surface area contributed by atoms with E-state index in [2.05, 4.69) is 17.1 Å². The highest BCUT2D eigenvalue weighted by molar-refractivity contribution is 4.97. The Hall–Kier alpha value is -0.120. The van der Waals surface area contributed by atoms with Gasteiger partial charge in [-0.2, -0.15) is 0 Å². The maximum atomic E-state index is 6.14. The van der Waals surface area contributed by atoms with Crippen LogP contribution in [0.1, 0.15) is 45.4 Å². The van der Waals surface area contributed by atoms with Crippen LogP contribution in [0.25, 0.3) is 0 Å². The Morgan fingerprint density at radius 2 is 2.00 bits per heavy atom. The van der Waals surface area contributed by atoms with Gasteiger partial charge >= 0.3 is 0 Å². The van der Waals surface area contributed by atoms with Crippen molar-refractivity contribution in [3.05, 3.63) is 0 Å². The van der Waals surface area contributed by atoms with Gasteiger partial charge in [0.1, 0.15) is 0 Å². The van der Waals surface area contributed by atoms with Crippen molar-refractivity contribution >= 4 is 0 Å². The Morgan fingerprint density at radius 1 is 1.24 bits per heavy atom. The van der Waals surface area contributed by atoms with Gasteiger partial charge in [0.15, 0.2) is 0 Å². The van der Waals surface area contributed by atoms with E-state index in [4.69, 9.17) is 4.74 Å². The Balaban J connectivity index is 1.65. The molecule has 1 spiro atoms. The summed E-state index contributed by atoms with van der Waals surface area (Å²) in [6, 6.07) is 1.57. The average Bonchev–Trinajstić information content (AvgIpc) is 2.71. The summed E-state index contributed by atoms with van der Waals surface area (Å²) in [7, 11) is 0. The molecule has 1 N–H and O–H groups in total. The number of rotatable bonds is 3. The predicted molar refractivity (Wildman–Crippen MR) is 69.2 cm³/mol. The van der Waals surface area contributed by atoms with Gasteiger partial charge in [0, 0.05) is 31.8 Å². The topological polar surface area (TPSA) is 24.5 Å². The molecule has 0 aromatic carbocycles. The fourth-order valence-corrected chi connectivity index (χ4v) is 3.98. The first-order chi connectivity index (χ1) is 8.33. The van der Waals surface area contributed by atoms with Crippen molar-refractivity contribution in [1.82, 2.24) is 10.2 Å². The zero-order valence-electron chi connectivity index (χ0n) is 11.1. The number of ether oxygens (including phenoxy) is 1. The van der Waals surface area contributed by atoms with Crippen molar-refractivity contribution in [2.75, 3.05) is 26.2 Å². The third-order valence-electron chi connectivity index (χ3n) is 5.04. The van der Waals surface area contributed by atoms with Gasteiger partial charge in [0.25, 0.3) is 0 Å². The first-order valence-electron chi connectivity index (χ1n) is 7.43. The van der Waals surface area contributed by atoms with Crippen LogP contribution in [0, 0.1) is 0 Å². The lowest BCUT2D eigenvalue weighted by Crippen LogP contribution is -2.61. The molecular formula is C14H26N2O. The Bertz CT molecular complexity index is 259. The van der Waals surface area contributed by atoms with Crippen LogP contribution >= 0.6 is 0 Å². The van der Waals surface area contributed by atoms with Crippen LogP contribution in [-0.2, 0) is 4.74 Å². The molecular weight excluding hydrogens is 212 g/mol. The maximum Gasteiger partial charge on any atom is 0.0697 e. The second-order valence-corrected chi connectivity index (χ2v) is 6.03. The van der Waals surface area contributed by atoms with E-state index in [1.807, 2.05) is 0 Å². The SMILES string of the molecule is CCN(C1CNC1)C1CCOC2(CCCC2)C1. The molecule has 1 aliphatic carbocycles. The number of hydrogen-bond acceptors (Lipinski definition) is 3. The molecule has 3 heteroatoms. The molecule has 3 nitrogen and oxygen atoms in total. The fraction of sp³-hybridized carbons (Fsp3) is 1.00. The van der Waals surface area contributed by atoms with Crippen molar-refractivity contribution in [3.8, 4) is 0 Å². The second-order valence-electron chi connectivity index (χ2n) is 6.03. The lowest BCUT2D eigenvalue weighted by Gasteiger charge is -2.48. The number of nitrogens with one attached hydrogen (secondary N) is 1. The largest absolute Gasteiger partial charge is 0.375 e. The highest BCUT2D eigenvalue weighted by Gasteiger charge is 2.42. The monoisotopic (exact) mass is 238 g/mol. The standard InChI is InChI=1S/C14H26N2O/c1-2-16(13-10-15-11-13)12-5-8-17-14(9-12)6-3-4-7-14/h12-13,15H,2-11H2,1H3. The summed E-state index contributed by atoms with van der Waals surface area (Å²) < 4.78 is 6.14. The van der Waals surface area contributed by atoms with Gasteiger partial charge in [-0.1, -0.05) is 19.8 Å². The Labute approximate surface area is 105 Å². The summed E-state index contributed by atoms with van der Waals surface area (Å²) in [5.41, 5.74) is 0.271. The van der Waals surface area contributed by atoms with E-state index in [0.29, 0.717) is 0 Å². The van der Waals surface area contributed by atoms with Crippen LogP contribution in [0.3, 0.4) is 0 Å². The molecule has 0 amide bonds. The van der Waals surface area contributed by atoms with Crippen LogP contribution in [-0.4, -0.2) is 48.8 Å². The quantitative estimate of drug-likeness (QED) is 0.811. The molecule has 1 unspecified atom stereocenters. The molecule has 3 fully saturated rings. The summed E-state index contributed by atoms with van der Waals surface area (Å²) >= 11 is 0. The minimum absolute atomic E-state index is 0.271. The predicted octanol–water partition coefficient (Wildman–Crippen LogP) is 1.77. The molecule has 3 aliphatic rings. The van der Waals surface area contributed by atoms with Gasteiger partial charge in [-0.3, -0.25) is 4.90 Å². The summed E-state index contributed by atoms with van der Waals surface area (Å²) in [5.74, 6) is 0. The van der Waals surface area contributed by atoms with E-state index in [-0.39, 0.29) is 5.60 Å². The van der Waals surface area contributed by atoms with E-state index >= 15 is 0 Å². The molecule has 1 atom stereocenters. The van der Waals surface area contributed by atoms with Crippen LogP contribution in [0.4, 0.5) is 0 Å². The normalized spacial score (nSPS) is 33.2. The van der Waals surface area contributed by atoms with Crippen molar-refractivity contribution in [2.45, 2.75) is 63.1 Å².